The predicted molar refractivity (Wildman–Crippen MR) is 131 cm³/mol. The van der Waals surface area contributed by atoms with Gasteiger partial charge >= 0.3 is 0 Å². The first-order valence-electron chi connectivity index (χ1n) is 12.4. The van der Waals surface area contributed by atoms with Crippen molar-refractivity contribution in [1.29, 1.82) is 0 Å². The molecular formula is C28H38N2O2. The van der Waals surface area contributed by atoms with Gasteiger partial charge < -0.3 is 14.5 Å². The molecule has 0 aromatic heterocycles. The number of nitrogens with zero attached hydrogens (tertiary/aromatic N) is 2. The summed E-state index contributed by atoms with van der Waals surface area (Å²) in [4.78, 5) is 17.5. The normalized spacial score (nSPS) is 22.3. The van der Waals surface area contributed by atoms with E-state index in [0.717, 1.165) is 60.8 Å². The summed E-state index contributed by atoms with van der Waals surface area (Å²) in [5.41, 5.74) is 3.04. The van der Waals surface area contributed by atoms with E-state index in [-0.39, 0.29) is 5.91 Å². The van der Waals surface area contributed by atoms with Gasteiger partial charge in [-0.2, -0.15) is 0 Å². The van der Waals surface area contributed by atoms with E-state index in [4.69, 9.17) is 4.74 Å². The van der Waals surface area contributed by atoms with Gasteiger partial charge in [0.1, 0.15) is 5.75 Å². The molecule has 2 aliphatic rings. The molecule has 2 saturated heterocycles. The Bertz CT molecular complexity index is 859. The Morgan fingerprint density at radius 3 is 2.00 bits per heavy atom. The summed E-state index contributed by atoms with van der Waals surface area (Å²) in [6.07, 6.45) is 5.91. The number of ether oxygens (including phenoxy) is 1. The van der Waals surface area contributed by atoms with Crippen LogP contribution in [0.5, 0.6) is 5.75 Å². The number of carbonyl (C=O) groups excluding carboxylic acids is 1. The Balaban J connectivity index is 1.27. The predicted octanol–water partition coefficient (Wildman–Crippen LogP) is 5.87. The van der Waals surface area contributed by atoms with Crippen LogP contribution in [0.2, 0.25) is 0 Å². The number of benzene rings is 2. The molecule has 4 heteroatoms. The molecule has 1 amide bonds. The average Bonchev–Trinajstić information content (AvgIpc) is 3.16. The van der Waals surface area contributed by atoms with Crippen LogP contribution >= 0.6 is 0 Å². The molecule has 32 heavy (non-hydrogen) atoms. The van der Waals surface area contributed by atoms with Crippen LogP contribution in [0.3, 0.4) is 0 Å². The number of carbonyl (C=O) groups is 1. The molecule has 0 saturated carbocycles. The van der Waals surface area contributed by atoms with Gasteiger partial charge in [0.15, 0.2) is 0 Å². The maximum Gasteiger partial charge on any atom is 0.254 e. The van der Waals surface area contributed by atoms with Crippen LogP contribution < -0.4 is 4.74 Å². The lowest BCUT2D eigenvalue weighted by atomic mass is 9.99. The maximum atomic E-state index is 12.9. The summed E-state index contributed by atoms with van der Waals surface area (Å²) in [5, 5.41) is 0. The Morgan fingerprint density at radius 2 is 1.41 bits per heavy atom. The minimum absolute atomic E-state index is 0.150. The first-order chi connectivity index (χ1) is 15.5. The van der Waals surface area contributed by atoms with E-state index in [1.165, 1.54) is 25.9 Å². The van der Waals surface area contributed by atoms with Crippen molar-refractivity contribution in [2.75, 3.05) is 26.2 Å². The molecular weight excluding hydrogens is 396 g/mol. The minimum atomic E-state index is 0.150. The van der Waals surface area contributed by atoms with Gasteiger partial charge in [-0.3, -0.25) is 4.79 Å². The van der Waals surface area contributed by atoms with Crippen molar-refractivity contribution in [3.8, 4) is 16.9 Å². The highest BCUT2D eigenvalue weighted by molar-refractivity contribution is 5.95. The van der Waals surface area contributed by atoms with Gasteiger partial charge in [0.2, 0.25) is 0 Å². The Labute approximate surface area is 193 Å². The van der Waals surface area contributed by atoms with Gasteiger partial charge in [-0.05, 0) is 100 Å². The highest BCUT2D eigenvalue weighted by Gasteiger charge is 2.31. The van der Waals surface area contributed by atoms with Crippen LogP contribution in [0.4, 0.5) is 0 Å². The number of likely N-dealkylation sites (tertiary alicyclic amines) is 2. The number of hydrogen-bond donors (Lipinski definition) is 0. The first kappa shape index (κ1) is 22.8. The second kappa shape index (κ2) is 10.5. The third-order valence-corrected chi connectivity index (χ3v) is 7.27. The molecule has 0 radical (unpaired) electrons. The fourth-order valence-electron chi connectivity index (χ4n) is 5.06. The fourth-order valence-corrected chi connectivity index (χ4v) is 5.06. The third kappa shape index (κ3) is 5.53. The average molecular weight is 435 g/mol. The second-order valence-corrected chi connectivity index (χ2v) is 9.82. The molecule has 0 aliphatic carbocycles. The minimum Gasteiger partial charge on any atom is -0.494 e. The van der Waals surface area contributed by atoms with E-state index >= 15 is 0 Å². The van der Waals surface area contributed by atoms with Crippen LogP contribution in [0.1, 0.15) is 63.2 Å². The summed E-state index contributed by atoms with van der Waals surface area (Å²) < 4.78 is 5.96. The van der Waals surface area contributed by atoms with Crippen molar-refractivity contribution in [2.24, 2.45) is 5.92 Å². The maximum absolute atomic E-state index is 12.9. The molecule has 4 nitrogen and oxygen atoms in total. The first-order valence-corrected chi connectivity index (χ1v) is 12.4. The lowest BCUT2D eigenvalue weighted by molar-refractivity contribution is 0.0693. The van der Waals surface area contributed by atoms with Crippen LogP contribution in [0.15, 0.2) is 48.5 Å². The fraction of sp³-hybridized carbons (Fsp3) is 0.536. The van der Waals surface area contributed by atoms with Crippen LogP contribution in [-0.4, -0.2) is 54.0 Å². The number of rotatable bonds is 7. The molecule has 172 valence electrons. The molecule has 0 bridgehead atoms. The van der Waals surface area contributed by atoms with Crippen molar-refractivity contribution in [3.63, 3.8) is 0 Å². The van der Waals surface area contributed by atoms with E-state index in [0.29, 0.717) is 12.1 Å². The SMILES string of the molecule is CC1CCN(CCCOc2ccc(-c3ccc(C(=O)N4[C@@H](C)CC[C@@H]4C)cc3)cc2)CC1. The van der Waals surface area contributed by atoms with Crippen molar-refractivity contribution in [1.82, 2.24) is 9.80 Å². The van der Waals surface area contributed by atoms with Crippen molar-refractivity contribution >= 4 is 5.91 Å². The van der Waals surface area contributed by atoms with Gasteiger partial charge in [-0.1, -0.05) is 31.2 Å². The summed E-state index contributed by atoms with van der Waals surface area (Å²) in [6.45, 7) is 11.0. The standard InChI is InChI=1S/C28H38N2O2/c1-21-15-18-29(19-16-21)17-4-20-32-27-13-11-25(12-14-27)24-7-9-26(10-8-24)28(31)30-22(2)5-6-23(30)3/h7-14,21-23H,4-6,15-20H2,1-3H3/t22-,23-/m0/s1. The van der Waals surface area contributed by atoms with Crippen molar-refractivity contribution in [3.05, 3.63) is 54.1 Å². The van der Waals surface area contributed by atoms with E-state index < -0.39 is 0 Å². The van der Waals surface area contributed by atoms with Crippen LogP contribution in [0, 0.1) is 5.92 Å². The highest BCUT2D eigenvalue weighted by atomic mass is 16.5. The number of amides is 1. The Kier molecular flexibility index (Phi) is 7.51. The molecule has 4 rings (SSSR count). The Morgan fingerprint density at radius 1 is 0.844 bits per heavy atom. The molecule has 2 aromatic rings. The van der Waals surface area contributed by atoms with Crippen LogP contribution in [0.25, 0.3) is 11.1 Å². The molecule has 2 aromatic carbocycles. The van der Waals surface area contributed by atoms with E-state index in [1.54, 1.807) is 0 Å². The van der Waals surface area contributed by atoms with Crippen molar-refractivity contribution in [2.45, 2.75) is 65.0 Å². The molecule has 2 atom stereocenters. The lowest BCUT2D eigenvalue weighted by Crippen LogP contribution is -2.38. The molecule has 2 aliphatic heterocycles. The van der Waals surface area contributed by atoms with Gasteiger partial charge in [0.25, 0.3) is 5.91 Å². The second-order valence-electron chi connectivity index (χ2n) is 9.82. The van der Waals surface area contributed by atoms with Crippen LogP contribution in [-0.2, 0) is 0 Å². The van der Waals surface area contributed by atoms with E-state index in [1.807, 2.05) is 41.3 Å². The van der Waals surface area contributed by atoms with E-state index in [9.17, 15) is 4.79 Å². The molecule has 2 fully saturated rings. The molecule has 0 unspecified atom stereocenters. The Hall–Kier alpha value is -2.33. The van der Waals surface area contributed by atoms with Gasteiger partial charge in [-0.25, -0.2) is 0 Å². The monoisotopic (exact) mass is 434 g/mol. The van der Waals surface area contributed by atoms with E-state index in [2.05, 4.69) is 37.8 Å². The topological polar surface area (TPSA) is 32.8 Å². The van der Waals surface area contributed by atoms with Gasteiger partial charge in [0, 0.05) is 24.2 Å². The number of hydrogen-bond acceptors (Lipinski definition) is 3. The van der Waals surface area contributed by atoms with Crippen molar-refractivity contribution < 1.29 is 9.53 Å². The summed E-state index contributed by atoms with van der Waals surface area (Å²) in [7, 11) is 0. The van der Waals surface area contributed by atoms with Gasteiger partial charge in [0.05, 0.1) is 6.61 Å². The largest absolute Gasteiger partial charge is 0.494 e. The number of piperidine rings is 1. The highest BCUT2D eigenvalue weighted by Crippen LogP contribution is 2.27. The lowest BCUT2D eigenvalue weighted by Gasteiger charge is -2.30. The zero-order valence-electron chi connectivity index (χ0n) is 19.9. The summed E-state index contributed by atoms with van der Waals surface area (Å²) in [5.74, 6) is 1.96. The third-order valence-electron chi connectivity index (χ3n) is 7.27. The molecule has 0 spiro atoms. The summed E-state index contributed by atoms with van der Waals surface area (Å²) in [6, 6.07) is 17.0. The smallest absolute Gasteiger partial charge is 0.254 e. The molecule has 2 heterocycles. The molecule has 0 N–H and O–H groups in total. The zero-order chi connectivity index (χ0) is 22.5. The quantitative estimate of drug-likeness (QED) is 0.511. The summed E-state index contributed by atoms with van der Waals surface area (Å²) >= 11 is 0. The zero-order valence-corrected chi connectivity index (χ0v) is 19.9. The van der Waals surface area contributed by atoms with Gasteiger partial charge in [-0.15, -0.1) is 0 Å².